The number of para-hydroxylation sites is 1. The molecule has 5 heteroatoms. The Morgan fingerprint density at radius 3 is 2.10 bits per heavy atom. The van der Waals surface area contributed by atoms with Crippen molar-refractivity contribution in [1.82, 2.24) is 0 Å². The van der Waals surface area contributed by atoms with E-state index in [9.17, 15) is 13.2 Å². The van der Waals surface area contributed by atoms with Gasteiger partial charge >= 0.3 is 6.18 Å². The van der Waals surface area contributed by atoms with E-state index in [1.54, 1.807) is 0 Å². The number of hydrogen-bond donors (Lipinski definition) is 1. The minimum atomic E-state index is -4.41. The van der Waals surface area contributed by atoms with Crippen LogP contribution < -0.4 is 10.5 Å². The second kappa shape index (κ2) is 5.07. The van der Waals surface area contributed by atoms with Crippen LogP contribution in [0.1, 0.15) is 16.7 Å². The van der Waals surface area contributed by atoms with Crippen molar-refractivity contribution in [3.8, 4) is 11.5 Å². The van der Waals surface area contributed by atoms with Crippen molar-refractivity contribution in [2.45, 2.75) is 20.0 Å². The van der Waals surface area contributed by atoms with E-state index >= 15 is 0 Å². The topological polar surface area (TPSA) is 35.2 Å². The maximum atomic E-state index is 12.6. The van der Waals surface area contributed by atoms with Gasteiger partial charge in [-0.25, -0.2) is 0 Å². The Hall–Kier alpha value is -2.17. The number of nitrogen functional groups attached to an aromatic ring is 1. The van der Waals surface area contributed by atoms with E-state index < -0.39 is 11.7 Å². The predicted octanol–water partition coefficient (Wildman–Crippen LogP) is 4.70. The summed E-state index contributed by atoms with van der Waals surface area (Å²) >= 11 is 0. The molecule has 2 nitrogen and oxygen atoms in total. The zero-order valence-corrected chi connectivity index (χ0v) is 11.1. The minimum absolute atomic E-state index is 0.0394. The molecule has 0 saturated carbocycles. The summed E-state index contributed by atoms with van der Waals surface area (Å²) in [5, 5.41) is 0. The molecule has 0 bridgehead atoms. The van der Waals surface area contributed by atoms with Gasteiger partial charge < -0.3 is 10.5 Å². The monoisotopic (exact) mass is 281 g/mol. The molecule has 0 spiro atoms. The fourth-order valence-corrected chi connectivity index (χ4v) is 1.89. The van der Waals surface area contributed by atoms with E-state index in [-0.39, 0.29) is 11.4 Å². The molecule has 0 saturated heterocycles. The van der Waals surface area contributed by atoms with E-state index in [0.717, 1.165) is 23.3 Å². The molecule has 0 fully saturated rings. The lowest BCUT2D eigenvalue weighted by Crippen LogP contribution is -2.06. The Morgan fingerprint density at radius 2 is 1.60 bits per heavy atom. The number of hydrogen-bond acceptors (Lipinski definition) is 2. The number of anilines is 1. The van der Waals surface area contributed by atoms with Gasteiger partial charge in [-0.3, -0.25) is 0 Å². The lowest BCUT2D eigenvalue weighted by molar-refractivity contribution is -0.137. The molecule has 0 aliphatic heterocycles. The summed E-state index contributed by atoms with van der Waals surface area (Å²) in [6.07, 6.45) is -4.41. The molecule has 2 aromatic rings. The number of halogens is 3. The Kier molecular flexibility index (Phi) is 3.61. The molecule has 0 aliphatic carbocycles. The van der Waals surface area contributed by atoms with Gasteiger partial charge in [-0.1, -0.05) is 18.2 Å². The van der Waals surface area contributed by atoms with E-state index in [0.29, 0.717) is 5.75 Å². The molecule has 0 atom stereocenters. The summed E-state index contributed by atoms with van der Waals surface area (Å²) in [4.78, 5) is 0. The first-order chi connectivity index (χ1) is 9.29. The standard InChI is InChI=1S/C15H14F3NO/c1-9-4-3-5-10(2)14(9)20-13-7-6-11(8-12(13)19)15(16,17)18/h3-8H,19H2,1-2H3. The van der Waals surface area contributed by atoms with Gasteiger partial charge in [0, 0.05) is 0 Å². The number of rotatable bonds is 2. The smallest absolute Gasteiger partial charge is 0.416 e. The number of aryl methyl sites for hydroxylation is 2. The number of alkyl halides is 3. The molecule has 0 heterocycles. The van der Waals surface area contributed by atoms with Crippen LogP contribution in [0.2, 0.25) is 0 Å². The Labute approximate surface area is 115 Å². The van der Waals surface area contributed by atoms with Crippen LogP contribution in [0, 0.1) is 13.8 Å². The Balaban J connectivity index is 2.36. The highest BCUT2D eigenvalue weighted by Gasteiger charge is 2.31. The van der Waals surface area contributed by atoms with Gasteiger partial charge in [0.15, 0.2) is 0 Å². The van der Waals surface area contributed by atoms with Crippen molar-refractivity contribution in [3.05, 3.63) is 53.1 Å². The maximum Gasteiger partial charge on any atom is 0.416 e. The molecule has 20 heavy (non-hydrogen) atoms. The fraction of sp³-hybridized carbons (Fsp3) is 0.200. The van der Waals surface area contributed by atoms with Crippen molar-refractivity contribution in [1.29, 1.82) is 0 Å². The van der Waals surface area contributed by atoms with E-state index in [4.69, 9.17) is 10.5 Å². The van der Waals surface area contributed by atoms with Crippen molar-refractivity contribution >= 4 is 5.69 Å². The lowest BCUT2D eigenvalue weighted by atomic mass is 10.1. The third kappa shape index (κ3) is 2.87. The third-order valence-corrected chi connectivity index (χ3v) is 2.96. The average Bonchev–Trinajstić information content (AvgIpc) is 2.34. The maximum absolute atomic E-state index is 12.6. The largest absolute Gasteiger partial charge is 0.455 e. The summed E-state index contributed by atoms with van der Waals surface area (Å²) in [5.74, 6) is 0.828. The molecular formula is C15H14F3NO. The third-order valence-electron chi connectivity index (χ3n) is 2.96. The van der Waals surface area contributed by atoms with Crippen LogP contribution in [0.15, 0.2) is 36.4 Å². The van der Waals surface area contributed by atoms with Gasteiger partial charge in [0.1, 0.15) is 11.5 Å². The second-order valence-corrected chi connectivity index (χ2v) is 4.57. The van der Waals surface area contributed by atoms with Crippen LogP contribution in [0.25, 0.3) is 0 Å². The molecular weight excluding hydrogens is 267 g/mol. The summed E-state index contributed by atoms with van der Waals surface area (Å²) < 4.78 is 43.3. The van der Waals surface area contributed by atoms with Crippen molar-refractivity contribution < 1.29 is 17.9 Å². The molecule has 0 radical (unpaired) electrons. The Bertz CT molecular complexity index is 615. The van der Waals surface area contributed by atoms with Crippen LogP contribution in [-0.2, 0) is 6.18 Å². The van der Waals surface area contributed by atoms with Crippen LogP contribution in [-0.4, -0.2) is 0 Å². The van der Waals surface area contributed by atoms with Crippen molar-refractivity contribution in [3.63, 3.8) is 0 Å². The normalized spacial score (nSPS) is 11.4. The van der Waals surface area contributed by atoms with Gasteiger partial charge in [0.25, 0.3) is 0 Å². The molecule has 0 aliphatic rings. The summed E-state index contributed by atoms with van der Waals surface area (Å²) in [5.41, 5.74) is 6.60. The molecule has 2 aromatic carbocycles. The highest BCUT2D eigenvalue weighted by atomic mass is 19.4. The van der Waals surface area contributed by atoms with E-state index in [2.05, 4.69) is 0 Å². The van der Waals surface area contributed by atoms with Crippen LogP contribution in [0.5, 0.6) is 11.5 Å². The zero-order chi connectivity index (χ0) is 14.9. The van der Waals surface area contributed by atoms with E-state index in [1.165, 1.54) is 6.07 Å². The van der Waals surface area contributed by atoms with E-state index in [1.807, 2.05) is 32.0 Å². The van der Waals surface area contributed by atoms with Gasteiger partial charge in [-0.05, 0) is 43.2 Å². The molecule has 2 rings (SSSR count). The minimum Gasteiger partial charge on any atom is -0.455 e. The molecule has 0 aromatic heterocycles. The molecule has 106 valence electrons. The summed E-state index contributed by atoms with van der Waals surface area (Å²) in [6.45, 7) is 3.73. The lowest BCUT2D eigenvalue weighted by Gasteiger charge is -2.14. The first kappa shape index (κ1) is 14.2. The van der Waals surface area contributed by atoms with Crippen LogP contribution >= 0.6 is 0 Å². The second-order valence-electron chi connectivity index (χ2n) is 4.57. The van der Waals surface area contributed by atoms with Gasteiger partial charge in [0.2, 0.25) is 0 Å². The number of benzene rings is 2. The van der Waals surface area contributed by atoms with Gasteiger partial charge in [-0.2, -0.15) is 13.2 Å². The fourth-order valence-electron chi connectivity index (χ4n) is 1.89. The molecule has 0 unspecified atom stereocenters. The first-order valence-electron chi connectivity index (χ1n) is 6.00. The van der Waals surface area contributed by atoms with Crippen molar-refractivity contribution in [2.75, 3.05) is 5.73 Å². The quantitative estimate of drug-likeness (QED) is 0.810. The Morgan fingerprint density at radius 1 is 1.00 bits per heavy atom. The number of ether oxygens (including phenoxy) is 1. The van der Waals surface area contributed by atoms with Gasteiger partial charge in [0.05, 0.1) is 11.3 Å². The average molecular weight is 281 g/mol. The summed E-state index contributed by atoms with van der Waals surface area (Å²) in [6, 6.07) is 8.69. The van der Waals surface area contributed by atoms with Crippen LogP contribution in [0.4, 0.5) is 18.9 Å². The predicted molar refractivity (Wildman–Crippen MR) is 71.8 cm³/mol. The first-order valence-corrected chi connectivity index (χ1v) is 6.00. The van der Waals surface area contributed by atoms with Crippen molar-refractivity contribution in [2.24, 2.45) is 0 Å². The SMILES string of the molecule is Cc1cccc(C)c1Oc1ccc(C(F)(F)F)cc1N. The molecule has 2 N–H and O–H groups in total. The highest BCUT2D eigenvalue weighted by Crippen LogP contribution is 2.36. The zero-order valence-electron chi connectivity index (χ0n) is 11.1. The number of nitrogens with two attached hydrogens (primary N) is 1. The highest BCUT2D eigenvalue weighted by molar-refractivity contribution is 5.57. The van der Waals surface area contributed by atoms with Crippen LogP contribution in [0.3, 0.4) is 0 Å². The van der Waals surface area contributed by atoms with Gasteiger partial charge in [-0.15, -0.1) is 0 Å². The summed E-state index contributed by atoms with van der Waals surface area (Å²) in [7, 11) is 0. The molecule has 0 amide bonds.